The highest BCUT2D eigenvalue weighted by Gasteiger charge is 2.25. The van der Waals surface area contributed by atoms with Gasteiger partial charge in [-0.05, 0) is 49.4 Å². The van der Waals surface area contributed by atoms with E-state index in [1.807, 2.05) is 11.5 Å². The van der Waals surface area contributed by atoms with Crippen LogP contribution in [0.2, 0.25) is 5.02 Å². The summed E-state index contributed by atoms with van der Waals surface area (Å²) in [5.74, 6) is -0.667. The minimum absolute atomic E-state index is 0.000919. The molecule has 30 heavy (non-hydrogen) atoms. The number of halogens is 3. The van der Waals surface area contributed by atoms with Gasteiger partial charge in [-0.15, -0.1) is 0 Å². The van der Waals surface area contributed by atoms with Crippen molar-refractivity contribution in [3.05, 3.63) is 51.5 Å². The summed E-state index contributed by atoms with van der Waals surface area (Å²) in [6.45, 7) is 3.14. The van der Waals surface area contributed by atoms with E-state index in [1.54, 1.807) is 30.6 Å². The van der Waals surface area contributed by atoms with Crippen molar-refractivity contribution < 1.29 is 14.0 Å². The van der Waals surface area contributed by atoms with Gasteiger partial charge in [0.1, 0.15) is 5.52 Å². The number of hydrogen-bond acceptors (Lipinski definition) is 4. The Kier molecular flexibility index (Phi) is 6.26. The smallest absolute Gasteiger partial charge is 0.277 e. The van der Waals surface area contributed by atoms with Crippen LogP contribution < -0.4 is 10.8 Å². The molecule has 1 aliphatic carbocycles. The minimum Gasteiger partial charge on any atom is -0.351 e. The van der Waals surface area contributed by atoms with Crippen molar-refractivity contribution in [2.24, 2.45) is 5.92 Å². The van der Waals surface area contributed by atoms with E-state index in [1.165, 1.54) is 0 Å². The van der Waals surface area contributed by atoms with Crippen LogP contribution in [0.25, 0.3) is 11.0 Å². The highest BCUT2D eigenvalue weighted by Crippen LogP contribution is 2.34. The number of carbonyl (C=O) groups is 1. The number of nitrogens with zero attached hydrogens (tertiary/aromatic N) is 2. The van der Waals surface area contributed by atoms with E-state index in [2.05, 4.69) is 31.7 Å². The molecule has 1 amide bonds. The maximum atomic E-state index is 15.5. The minimum atomic E-state index is -0.617. The molecule has 158 valence electrons. The summed E-state index contributed by atoms with van der Waals surface area (Å²) in [5, 5.41) is 3.35. The van der Waals surface area contributed by atoms with Gasteiger partial charge in [0.25, 0.3) is 5.91 Å². The monoisotopic (exact) mass is 494 g/mol. The molecule has 9 heteroatoms. The Hall–Kier alpha value is -2.16. The lowest BCUT2D eigenvalue weighted by Gasteiger charge is -2.15. The molecule has 0 aliphatic heterocycles. The Bertz CT molecular complexity index is 1100. The van der Waals surface area contributed by atoms with Crippen molar-refractivity contribution in [1.82, 2.24) is 15.0 Å². The molecule has 4 rings (SSSR count). The third kappa shape index (κ3) is 4.45. The molecule has 0 unspecified atom stereocenters. The zero-order valence-corrected chi connectivity index (χ0v) is 18.7. The molecule has 0 saturated heterocycles. The second kappa shape index (κ2) is 8.91. The summed E-state index contributed by atoms with van der Waals surface area (Å²) in [7, 11) is 0. The fourth-order valence-electron chi connectivity index (χ4n) is 3.17. The molecular formula is C21H21BrClFN4O2. The average Bonchev–Trinajstić information content (AvgIpc) is 3.45. The van der Waals surface area contributed by atoms with Crippen LogP contribution in [0, 0.1) is 11.7 Å². The van der Waals surface area contributed by atoms with Crippen LogP contribution in [0.1, 0.15) is 36.5 Å². The fourth-order valence-corrected chi connectivity index (χ4v) is 3.89. The third-order valence-electron chi connectivity index (χ3n) is 4.94. The number of aromatic nitrogens is 2. The van der Waals surface area contributed by atoms with Gasteiger partial charge in [-0.25, -0.2) is 14.9 Å². The van der Waals surface area contributed by atoms with Crippen molar-refractivity contribution in [1.29, 1.82) is 0 Å². The lowest BCUT2D eigenvalue weighted by atomic mass is 10.1. The normalized spacial score (nSPS) is 13.6. The molecule has 0 atom stereocenters. The van der Waals surface area contributed by atoms with Crippen molar-refractivity contribution in [2.75, 3.05) is 11.9 Å². The zero-order chi connectivity index (χ0) is 21.3. The average molecular weight is 496 g/mol. The largest absolute Gasteiger partial charge is 0.351 e. The number of anilines is 2. The first-order valence-electron chi connectivity index (χ1n) is 9.79. The predicted octanol–water partition coefficient (Wildman–Crippen LogP) is 5.82. The molecule has 0 bridgehead atoms. The molecule has 1 heterocycles. The molecule has 2 N–H and O–H groups in total. The van der Waals surface area contributed by atoms with Gasteiger partial charge in [0.15, 0.2) is 5.82 Å². The number of amides is 1. The van der Waals surface area contributed by atoms with Gasteiger partial charge in [0.05, 0.1) is 40.4 Å². The van der Waals surface area contributed by atoms with Crippen LogP contribution in [0.5, 0.6) is 0 Å². The number of rotatable bonds is 8. The van der Waals surface area contributed by atoms with Gasteiger partial charge in [0, 0.05) is 11.0 Å². The quantitative estimate of drug-likeness (QED) is 0.387. The number of benzene rings is 2. The van der Waals surface area contributed by atoms with Crippen LogP contribution in [-0.2, 0) is 11.4 Å². The number of hydroxylamine groups is 1. The van der Waals surface area contributed by atoms with E-state index in [-0.39, 0.29) is 16.8 Å². The summed E-state index contributed by atoms with van der Waals surface area (Å²) in [4.78, 5) is 22.4. The van der Waals surface area contributed by atoms with Crippen LogP contribution in [0.3, 0.4) is 0 Å². The number of hydrogen-bond donors (Lipinski definition) is 2. The first-order valence-corrected chi connectivity index (χ1v) is 11.0. The van der Waals surface area contributed by atoms with E-state index in [4.69, 9.17) is 16.4 Å². The maximum absolute atomic E-state index is 15.5. The van der Waals surface area contributed by atoms with E-state index < -0.39 is 11.7 Å². The molecule has 2 aromatic carbocycles. The van der Waals surface area contributed by atoms with E-state index in [0.717, 1.165) is 23.7 Å². The number of nitrogens with one attached hydrogen (secondary N) is 2. The number of imidazole rings is 1. The van der Waals surface area contributed by atoms with Crippen LogP contribution in [0.4, 0.5) is 15.8 Å². The molecule has 1 aliphatic rings. The van der Waals surface area contributed by atoms with Gasteiger partial charge in [-0.2, -0.15) is 0 Å². The van der Waals surface area contributed by atoms with Crippen molar-refractivity contribution in [3.8, 4) is 0 Å². The molecular weight excluding hydrogens is 475 g/mol. The van der Waals surface area contributed by atoms with Crippen molar-refractivity contribution >= 4 is 55.8 Å². The van der Waals surface area contributed by atoms with E-state index in [9.17, 15) is 4.79 Å². The summed E-state index contributed by atoms with van der Waals surface area (Å²) in [5.41, 5.74) is 3.77. The Morgan fingerprint density at radius 2 is 2.20 bits per heavy atom. The first kappa shape index (κ1) is 21.1. The molecule has 3 aromatic rings. The van der Waals surface area contributed by atoms with Crippen LogP contribution >= 0.6 is 27.5 Å². The first-order chi connectivity index (χ1) is 14.5. The second-order valence-corrected chi connectivity index (χ2v) is 8.68. The maximum Gasteiger partial charge on any atom is 0.277 e. The van der Waals surface area contributed by atoms with E-state index in [0.29, 0.717) is 35.3 Å². The molecule has 0 radical (unpaired) electrons. The summed E-state index contributed by atoms with van der Waals surface area (Å²) < 4.78 is 18.1. The van der Waals surface area contributed by atoms with Gasteiger partial charge < -0.3 is 9.88 Å². The van der Waals surface area contributed by atoms with Crippen LogP contribution in [0.15, 0.2) is 35.1 Å². The summed E-state index contributed by atoms with van der Waals surface area (Å²) >= 11 is 9.64. The Morgan fingerprint density at radius 1 is 1.40 bits per heavy atom. The predicted molar refractivity (Wildman–Crippen MR) is 119 cm³/mol. The molecule has 6 nitrogen and oxygen atoms in total. The Labute approximate surface area is 186 Å². The van der Waals surface area contributed by atoms with Crippen LogP contribution in [-0.4, -0.2) is 22.1 Å². The number of carbonyl (C=O) groups excluding carboxylic acids is 1. The van der Waals surface area contributed by atoms with Gasteiger partial charge >= 0.3 is 0 Å². The van der Waals surface area contributed by atoms with E-state index >= 15 is 4.39 Å². The van der Waals surface area contributed by atoms with Crippen molar-refractivity contribution in [3.63, 3.8) is 0 Å². The number of aryl methyl sites for hydroxylation is 1. The van der Waals surface area contributed by atoms with Gasteiger partial charge in [-0.1, -0.05) is 34.5 Å². The second-order valence-electron chi connectivity index (χ2n) is 7.35. The highest BCUT2D eigenvalue weighted by molar-refractivity contribution is 9.10. The van der Waals surface area contributed by atoms with Crippen molar-refractivity contribution in [2.45, 2.75) is 32.7 Å². The third-order valence-corrected chi connectivity index (χ3v) is 5.74. The Balaban J connectivity index is 1.74. The zero-order valence-electron chi connectivity index (χ0n) is 16.3. The van der Waals surface area contributed by atoms with Gasteiger partial charge in [-0.3, -0.25) is 9.63 Å². The lowest BCUT2D eigenvalue weighted by molar-refractivity contribution is 0.0271. The highest BCUT2D eigenvalue weighted by atomic mass is 79.9. The topological polar surface area (TPSA) is 68.2 Å². The summed E-state index contributed by atoms with van der Waals surface area (Å²) in [6, 6.07) is 6.80. The van der Waals surface area contributed by atoms with Gasteiger partial charge in [0.2, 0.25) is 0 Å². The summed E-state index contributed by atoms with van der Waals surface area (Å²) in [6.07, 6.45) is 4.63. The standard InChI is InChI=1S/C21H21BrClFN4O2/c1-2-7-28-11-25-20-17(28)9-14(21(29)27-30-10-12-3-4-12)19(18(20)24)26-16-6-5-13(22)8-15(16)23/h5-6,8-9,11-12,26H,2-4,7,10H2,1H3,(H,27,29). The molecule has 1 aromatic heterocycles. The molecule has 1 fully saturated rings. The SMILES string of the molecule is CCCn1cnc2c(F)c(Nc3ccc(Br)cc3Cl)c(C(=O)NOCC3CC3)cc21. The lowest BCUT2D eigenvalue weighted by Crippen LogP contribution is -2.26. The molecule has 0 spiro atoms. The number of fused-ring (bicyclic) bond motifs is 1. The fraction of sp³-hybridized carbons (Fsp3) is 0.333. The molecule has 1 saturated carbocycles. The Morgan fingerprint density at radius 3 is 2.90 bits per heavy atom.